The van der Waals surface area contributed by atoms with Crippen LogP contribution in [0.25, 0.3) is 11.1 Å². The van der Waals surface area contributed by atoms with Gasteiger partial charge in [-0.3, -0.25) is 4.68 Å². The number of rotatable bonds is 1. The van der Waals surface area contributed by atoms with E-state index in [0.29, 0.717) is 0 Å². The Hall–Kier alpha value is -1.64. The van der Waals surface area contributed by atoms with Gasteiger partial charge >= 0.3 is 0 Å². The van der Waals surface area contributed by atoms with E-state index in [1.165, 1.54) is 11.1 Å². The summed E-state index contributed by atoms with van der Waals surface area (Å²) in [6, 6.07) is 3.33. The van der Waals surface area contributed by atoms with Crippen molar-refractivity contribution < 1.29 is 4.39 Å². The van der Waals surface area contributed by atoms with Crippen LogP contribution in [0.2, 0.25) is 0 Å². The largest absolute Gasteiger partial charge is 0.272 e. The van der Waals surface area contributed by atoms with Gasteiger partial charge in [0.05, 0.1) is 6.20 Å². The zero-order chi connectivity index (χ0) is 12.0. The highest BCUT2D eigenvalue weighted by molar-refractivity contribution is 5.71. The van der Waals surface area contributed by atoms with E-state index in [1.807, 2.05) is 24.9 Å². The molecule has 0 bridgehead atoms. The second-order valence-corrected chi connectivity index (χ2v) is 4.71. The second kappa shape index (κ2) is 3.69. The van der Waals surface area contributed by atoms with Gasteiger partial charge < -0.3 is 0 Å². The highest BCUT2D eigenvalue weighted by Gasteiger charge is 2.19. The number of halogens is 1. The average molecular weight is 230 g/mol. The molecule has 1 aromatic carbocycles. The maximum atomic E-state index is 13.6. The molecule has 0 radical (unpaired) electrons. The topological polar surface area (TPSA) is 17.8 Å². The van der Waals surface area contributed by atoms with Crippen molar-refractivity contribution in [3.8, 4) is 11.1 Å². The maximum absolute atomic E-state index is 13.6. The first kappa shape index (κ1) is 10.5. The van der Waals surface area contributed by atoms with Gasteiger partial charge in [0, 0.05) is 18.3 Å². The molecule has 17 heavy (non-hydrogen) atoms. The number of hydrogen-bond acceptors (Lipinski definition) is 1. The standard InChI is InChI=1S/C14H15FN2/c1-9-14(8-16-17(9)2)13-7-11(15)6-10-4-3-5-12(10)13/h6-8H,3-5H2,1-2H3. The molecule has 0 N–H and O–H groups in total. The van der Waals surface area contributed by atoms with Crippen LogP contribution in [0.4, 0.5) is 4.39 Å². The number of fused-ring (bicyclic) bond motifs is 1. The van der Waals surface area contributed by atoms with Crippen LogP contribution in [0, 0.1) is 12.7 Å². The Balaban J connectivity index is 2.24. The van der Waals surface area contributed by atoms with E-state index in [-0.39, 0.29) is 5.82 Å². The van der Waals surface area contributed by atoms with Crippen LogP contribution in [0.15, 0.2) is 18.3 Å². The fraction of sp³-hybridized carbons (Fsp3) is 0.357. The molecule has 1 aliphatic rings. The van der Waals surface area contributed by atoms with Crippen molar-refractivity contribution in [2.24, 2.45) is 7.05 Å². The summed E-state index contributed by atoms with van der Waals surface area (Å²) in [5, 5.41) is 4.24. The summed E-state index contributed by atoms with van der Waals surface area (Å²) >= 11 is 0. The minimum atomic E-state index is -0.135. The van der Waals surface area contributed by atoms with E-state index >= 15 is 0 Å². The molecule has 2 aromatic rings. The summed E-state index contributed by atoms with van der Waals surface area (Å²) in [5.74, 6) is -0.135. The molecule has 0 atom stereocenters. The van der Waals surface area contributed by atoms with E-state index in [9.17, 15) is 4.39 Å². The van der Waals surface area contributed by atoms with Gasteiger partial charge in [0.1, 0.15) is 5.82 Å². The zero-order valence-electron chi connectivity index (χ0n) is 10.1. The lowest BCUT2D eigenvalue weighted by molar-refractivity contribution is 0.626. The normalized spacial score (nSPS) is 14.1. The molecule has 0 unspecified atom stereocenters. The van der Waals surface area contributed by atoms with Crippen LogP contribution in [0.3, 0.4) is 0 Å². The van der Waals surface area contributed by atoms with Gasteiger partial charge in [-0.05, 0) is 55.0 Å². The van der Waals surface area contributed by atoms with Crippen LogP contribution in [0.1, 0.15) is 23.2 Å². The van der Waals surface area contributed by atoms with E-state index < -0.39 is 0 Å². The van der Waals surface area contributed by atoms with Crippen molar-refractivity contribution in [2.45, 2.75) is 26.2 Å². The molecule has 0 fully saturated rings. The van der Waals surface area contributed by atoms with Crippen molar-refractivity contribution in [2.75, 3.05) is 0 Å². The van der Waals surface area contributed by atoms with E-state index in [4.69, 9.17) is 0 Å². The van der Waals surface area contributed by atoms with Crippen LogP contribution < -0.4 is 0 Å². The van der Waals surface area contributed by atoms with Gasteiger partial charge in [0.25, 0.3) is 0 Å². The highest BCUT2D eigenvalue weighted by Crippen LogP contribution is 2.34. The zero-order valence-corrected chi connectivity index (χ0v) is 10.1. The third-order valence-corrected chi connectivity index (χ3v) is 3.71. The first-order chi connectivity index (χ1) is 8.16. The lowest BCUT2D eigenvalue weighted by Crippen LogP contribution is -1.95. The molecule has 88 valence electrons. The lowest BCUT2D eigenvalue weighted by atomic mass is 9.97. The molecule has 0 spiro atoms. The molecule has 0 saturated heterocycles. The Bertz CT molecular complexity index is 584. The van der Waals surface area contributed by atoms with Crippen molar-refractivity contribution >= 4 is 0 Å². The first-order valence-corrected chi connectivity index (χ1v) is 5.97. The number of aromatic nitrogens is 2. The summed E-state index contributed by atoms with van der Waals surface area (Å²) in [7, 11) is 1.92. The molecule has 3 rings (SSSR count). The first-order valence-electron chi connectivity index (χ1n) is 5.97. The smallest absolute Gasteiger partial charge is 0.124 e. The quantitative estimate of drug-likeness (QED) is 0.736. The monoisotopic (exact) mass is 230 g/mol. The third kappa shape index (κ3) is 1.57. The van der Waals surface area contributed by atoms with Crippen LogP contribution in [0.5, 0.6) is 0 Å². The predicted molar refractivity (Wildman–Crippen MR) is 65.4 cm³/mol. The Morgan fingerprint density at radius 2 is 2.06 bits per heavy atom. The molecule has 0 saturated carbocycles. The molecular weight excluding hydrogens is 215 g/mol. The number of aryl methyl sites for hydroxylation is 2. The SMILES string of the molecule is Cc1c(-c2cc(F)cc3c2CCC3)cnn1C. The molecule has 2 nitrogen and oxygen atoms in total. The molecule has 1 aliphatic carbocycles. The van der Waals surface area contributed by atoms with Crippen LogP contribution >= 0.6 is 0 Å². The summed E-state index contributed by atoms with van der Waals surface area (Å²) in [6.45, 7) is 2.02. The van der Waals surface area contributed by atoms with Crippen molar-refractivity contribution in [1.82, 2.24) is 9.78 Å². The summed E-state index contributed by atoms with van der Waals surface area (Å²) in [6.07, 6.45) is 5.02. The summed E-state index contributed by atoms with van der Waals surface area (Å²) < 4.78 is 15.5. The number of nitrogens with zero attached hydrogens (tertiary/aromatic N) is 2. The highest BCUT2D eigenvalue weighted by atomic mass is 19.1. The van der Waals surface area contributed by atoms with Gasteiger partial charge in [0.15, 0.2) is 0 Å². The van der Waals surface area contributed by atoms with Crippen LogP contribution in [-0.4, -0.2) is 9.78 Å². The fourth-order valence-corrected chi connectivity index (χ4v) is 2.67. The Morgan fingerprint density at radius 3 is 2.76 bits per heavy atom. The van der Waals surface area contributed by atoms with Gasteiger partial charge in [-0.25, -0.2) is 4.39 Å². The number of benzene rings is 1. The predicted octanol–water partition coefficient (Wildman–Crippen LogP) is 3.02. The molecule has 0 amide bonds. The van der Waals surface area contributed by atoms with Crippen molar-refractivity contribution in [1.29, 1.82) is 0 Å². The van der Waals surface area contributed by atoms with E-state index in [0.717, 1.165) is 36.1 Å². The molecule has 1 heterocycles. The Kier molecular flexibility index (Phi) is 2.28. The molecule has 3 heteroatoms. The lowest BCUT2D eigenvalue weighted by Gasteiger charge is -2.08. The van der Waals surface area contributed by atoms with E-state index in [1.54, 1.807) is 12.1 Å². The van der Waals surface area contributed by atoms with Gasteiger partial charge in [-0.15, -0.1) is 0 Å². The fourth-order valence-electron chi connectivity index (χ4n) is 2.67. The van der Waals surface area contributed by atoms with Crippen molar-refractivity contribution in [3.63, 3.8) is 0 Å². The molecule has 1 aromatic heterocycles. The van der Waals surface area contributed by atoms with Gasteiger partial charge in [0.2, 0.25) is 0 Å². The Morgan fingerprint density at radius 1 is 1.24 bits per heavy atom. The van der Waals surface area contributed by atoms with Crippen LogP contribution in [-0.2, 0) is 19.9 Å². The summed E-state index contributed by atoms with van der Waals surface area (Å²) in [5.41, 5.74) is 5.66. The molecule has 0 aliphatic heterocycles. The van der Waals surface area contributed by atoms with Gasteiger partial charge in [-0.1, -0.05) is 0 Å². The Labute approximate surface area is 100 Å². The van der Waals surface area contributed by atoms with E-state index in [2.05, 4.69) is 5.10 Å². The third-order valence-electron chi connectivity index (χ3n) is 3.71. The average Bonchev–Trinajstić information content (AvgIpc) is 2.87. The second-order valence-electron chi connectivity index (χ2n) is 4.71. The number of hydrogen-bond donors (Lipinski definition) is 0. The molecular formula is C14H15FN2. The maximum Gasteiger partial charge on any atom is 0.124 e. The van der Waals surface area contributed by atoms with Crippen molar-refractivity contribution in [3.05, 3.63) is 41.0 Å². The summed E-state index contributed by atoms with van der Waals surface area (Å²) in [4.78, 5) is 0. The minimum Gasteiger partial charge on any atom is -0.272 e. The van der Waals surface area contributed by atoms with Gasteiger partial charge in [-0.2, -0.15) is 5.10 Å². The minimum absolute atomic E-state index is 0.135.